The Balaban J connectivity index is 1.86. The van der Waals surface area contributed by atoms with Crippen LogP contribution in [0.15, 0.2) is 29.6 Å². The number of nitrogens with one attached hydrogen (secondary N) is 3. The molecule has 7 atom stereocenters. The fraction of sp³-hybridized carbons (Fsp3) is 0.711. The molecule has 3 N–H and O–H groups in total. The van der Waals surface area contributed by atoms with E-state index in [2.05, 4.69) is 48.5 Å². The topological polar surface area (TPSA) is 151 Å². The largest absolute Gasteiger partial charge is 0.492 e. The van der Waals surface area contributed by atoms with Crippen LogP contribution in [-0.2, 0) is 30.3 Å². The summed E-state index contributed by atoms with van der Waals surface area (Å²) in [5.74, 6) is -0.477. The summed E-state index contributed by atoms with van der Waals surface area (Å²) in [7, 11) is 5.23. The van der Waals surface area contributed by atoms with Gasteiger partial charge >= 0.3 is 5.97 Å². The molecule has 13 nitrogen and oxygen atoms in total. The minimum absolute atomic E-state index is 0.0548. The molecule has 0 spiro atoms. The van der Waals surface area contributed by atoms with Gasteiger partial charge in [-0.05, 0) is 88.7 Å². The average Bonchev–Trinajstić information content (AvgIpc) is 3.72. The number of likely N-dealkylation sites (N-methyl/N-ethyl adjacent to an activating group) is 2. The molecule has 0 saturated carbocycles. The van der Waals surface area contributed by atoms with Crippen molar-refractivity contribution in [3.05, 3.63) is 45.9 Å². The Morgan fingerprint density at radius 2 is 1.71 bits per heavy atom. The van der Waals surface area contributed by atoms with Gasteiger partial charge in [0.05, 0.1) is 19.1 Å². The van der Waals surface area contributed by atoms with E-state index in [9.17, 15) is 19.2 Å². The highest BCUT2D eigenvalue weighted by Crippen LogP contribution is 2.32. The number of benzene rings is 1. The first-order valence-corrected chi connectivity index (χ1v) is 22.8. The first-order chi connectivity index (χ1) is 28.3. The molecule has 332 valence electrons. The Kier molecular flexibility index (Phi) is 21.8. The highest BCUT2D eigenvalue weighted by atomic mass is 32.1. The zero-order valence-electron chi connectivity index (χ0n) is 37.5. The lowest BCUT2D eigenvalue weighted by Gasteiger charge is -2.40. The molecule has 2 heterocycles. The third-order valence-corrected chi connectivity index (χ3v) is 12.3. The molecule has 0 unspecified atom stereocenters. The second-order valence-corrected chi connectivity index (χ2v) is 17.4. The fourth-order valence-electron chi connectivity index (χ4n) is 7.67. The summed E-state index contributed by atoms with van der Waals surface area (Å²) in [6, 6.07) is 6.29. The maximum absolute atomic E-state index is 14.7. The maximum Gasteiger partial charge on any atom is 0.308 e. The second kappa shape index (κ2) is 25.9. The van der Waals surface area contributed by atoms with Crippen molar-refractivity contribution >= 4 is 35.0 Å². The summed E-state index contributed by atoms with van der Waals surface area (Å²) in [6.07, 6.45) is 6.05. The van der Waals surface area contributed by atoms with Crippen molar-refractivity contribution in [3.63, 3.8) is 0 Å². The van der Waals surface area contributed by atoms with E-state index in [1.54, 1.807) is 12.3 Å². The van der Waals surface area contributed by atoms with E-state index in [1.165, 1.54) is 18.4 Å². The number of carbonyl (C=O) groups is 4. The lowest BCUT2D eigenvalue weighted by molar-refractivity contribution is -0.145. The van der Waals surface area contributed by atoms with Crippen LogP contribution in [0.3, 0.4) is 0 Å². The van der Waals surface area contributed by atoms with Crippen LogP contribution in [0.2, 0.25) is 0 Å². The van der Waals surface area contributed by atoms with Crippen LogP contribution in [0, 0.1) is 17.8 Å². The smallest absolute Gasteiger partial charge is 0.308 e. The van der Waals surface area contributed by atoms with Gasteiger partial charge in [-0.3, -0.25) is 24.1 Å². The molecule has 3 rings (SSSR count). The van der Waals surface area contributed by atoms with Gasteiger partial charge in [-0.15, -0.1) is 11.3 Å². The molecule has 2 aromatic rings. The van der Waals surface area contributed by atoms with E-state index in [0.29, 0.717) is 44.0 Å². The minimum Gasteiger partial charge on any atom is -0.492 e. The van der Waals surface area contributed by atoms with Crippen molar-refractivity contribution in [2.75, 3.05) is 54.1 Å². The summed E-state index contributed by atoms with van der Waals surface area (Å²) in [5.41, 5.74) is 1.26. The van der Waals surface area contributed by atoms with Gasteiger partial charge in [0.2, 0.25) is 11.8 Å². The van der Waals surface area contributed by atoms with Crippen LogP contribution >= 0.6 is 11.3 Å². The number of ether oxygens (including phenoxy) is 3. The fourth-order valence-corrected chi connectivity index (χ4v) is 8.53. The number of hydrogen-bond acceptors (Lipinski definition) is 11. The molecule has 1 aliphatic heterocycles. The lowest BCUT2D eigenvalue weighted by Crippen LogP contribution is -2.58. The van der Waals surface area contributed by atoms with E-state index in [-0.39, 0.29) is 59.3 Å². The maximum atomic E-state index is 14.7. The molecule has 14 heteroatoms. The van der Waals surface area contributed by atoms with Crippen molar-refractivity contribution in [1.29, 1.82) is 0 Å². The van der Waals surface area contributed by atoms with Crippen LogP contribution in [0.5, 0.6) is 5.75 Å². The molecule has 59 heavy (non-hydrogen) atoms. The molecule has 1 aromatic heterocycles. The van der Waals surface area contributed by atoms with Crippen molar-refractivity contribution in [2.45, 2.75) is 137 Å². The quantitative estimate of drug-likeness (QED) is 0.0716. The van der Waals surface area contributed by atoms with E-state index >= 15 is 0 Å². The number of carbonyl (C=O) groups excluding carboxylic acids is 4. The number of hydrogen-bond donors (Lipinski definition) is 3. The Morgan fingerprint density at radius 3 is 2.32 bits per heavy atom. The summed E-state index contributed by atoms with van der Waals surface area (Å²) in [4.78, 5) is 63.6. The second-order valence-electron chi connectivity index (χ2n) is 16.5. The number of esters is 1. The van der Waals surface area contributed by atoms with Gasteiger partial charge in [-0.1, -0.05) is 73.4 Å². The van der Waals surface area contributed by atoms with Crippen LogP contribution in [0.25, 0.3) is 0 Å². The van der Waals surface area contributed by atoms with Gasteiger partial charge in [0, 0.05) is 43.6 Å². The van der Waals surface area contributed by atoms with Crippen molar-refractivity contribution < 1.29 is 33.4 Å². The Morgan fingerprint density at radius 1 is 0.983 bits per heavy atom. The van der Waals surface area contributed by atoms with Gasteiger partial charge in [0.25, 0.3) is 5.91 Å². The molecule has 0 radical (unpaired) electrons. The van der Waals surface area contributed by atoms with E-state index in [4.69, 9.17) is 19.2 Å². The van der Waals surface area contributed by atoms with Gasteiger partial charge in [-0.25, -0.2) is 4.98 Å². The summed E-state index contributed by atoms with van der Waals surface area (Å²) >= 11 is 1.37. The van der Waals surface area contributed by atoms with E-state index in [0.717, 1.165) is 62.9 Å². The monoisotopic (exact) mass is 843 g/mol. The average molecular weight is 843 g/mol. The lowest BCUT2D eigenvalue weighted by atomic mass is 9.92. The number of likely N-dealkylation sites (tertiary alicyclic amines) is 1. The number of piperidine rings is 1. The Hall–Kier alpha value is -3.59. The standard InChI is InChI=1S/C45H74N6O7S/c1-11-22-51(44(54)40(31(6)13-3)49-42(53)37-16-14-15-23-50(37)9)38(30(4)5)28-39(58-24-12-2)43-48-36(29-59-43)41(52)47-34(26-32(7)45(55)56-10)27-33-17-19-35(20-18-33)57-25-21-46-8/h17-20,29-32,34,37-40,46H,11-16,21-28H2,1-10H3,(H,47,52)(H,49,53)/t31-,32-,34+,37+,38+,39+,40-/m0/s1. The third-order valence-electron chi connectivity index (χ3n) is 11.4. The predicted octanol–water partition coefficient (Wildman–Crippen LogP) is 6.42. The van der Waals surface area contributed by atoms with Crippen LogP contribution in [0.1, 0.15) is 127 Å². The molecule has 3 amide bonds. The predicted molar refractivity (Wildman–Crippen MR) is 235 cm³/mol. The normalized spacial score (nSPS) is 17.6. The van der Waals surface area contributed by atoms with E-state index < -0.39 is 18.1 Å². The van der Waals surface area contributed by atoms with Crippen molar-refractivity contribution in [1.82, 2.24) is 30.7 Å². The van der Waals surface area contributed by atoms with Crippen molar-refractivity contribution in [2.24, 2.45) is 17.8 Å². The molecule has 0 bridgehead atoms. The number of amides is 3. The molecule has 1 aliphatic rings. The highest BCUT2D eigenvalue weighted by Gasteiger charge is 2.38. The Bertz CT molecular complexity index is 1570. The zero-order chi connectivity index (χ0) is 43.5. The van der Waals surface area contributed by atoms with Crippen molar-refractivity contribution in [3.8, 4) is 5.75 Å². The van der Waals surface area contributed by atoms with E-state index in [1.807, 2.05) is 57.1 Å². The first-order valence-electron chi connectivity index (χ1n) is 21.9. The molecular formula is C45H74N6O7S. The van der Waals surface area contributed by atoms with Crippen LogP contribution < -0.4 is 20.7 Å². The zero-order valence-corrected chi connectivity index (χ0v) is 38.3. The first kappa shape index (κ1) is 49.8. The molecule has 0 aliphatic carbocycles. The number of rotatable bonds is 26. The van der Waals surface area contributed by atoms with Crippen LogP contribution in [0.4, 0.5) is 0 Å². The summed E-state index contributed by atoms with van der Waals surface area (Å²) in [6.45, 7) is 17.4. The Labute approximate surface area is 358 Å². The minimum atomic E-state index is -0.648. The van der Waals surface area contributed by atoms with Gasteiger partial charge in [-0.2, -0.15) is 0 Å². The number of methoxy groups -OCH3 is 1. The number of thiazole rings is 1. The molecule has 1 aromatic carbocycles. The van der Waals surface area contributed by atoms with Gasteiger partial charge < -0.3 is 35.1 Å². The number of nitrogens with zero attached hydrogens (tertiary/aromatic N) is 3. The third kappa shape index (κ3) is 15.4. The summed E-state index contributed by atoms with van der Waals surface area (Å²) < 4.78 is 17.3. The number of aromatic nitrogens is 1. The summed E-state index contributed by atoms with van der Waals surface area (Å²) in [5, 5.41) is 11.8. The SMILES string of the molecule is CCCO[C@H](C[C@H](C(C)C)N(CCC)C(=O)[C@@H](NC(=O)[C@H]1CCCCN1C)[C@@H](C)CC)c1nc(C(=O)N[C@@H](Cc2ccc(OCCNC)cc2)C[C@H](C)C(=O)OC)cs1. The van der Waals surface area contributed by atoms with Gasteiger partial charge in [0.1, 0.15) is 35.2 Å². The molecule has 1 saturated heterocycles. The highest BCUT2D eigenvalue weighted by molar-refractivity contribution is 7.09. The molecule has 1 fully saturated rings. The molecular weight excluding hydrogens is 769 g/mol. The van der Waals surface area contributed by atoms with Gasteiger partial charge in [0.15, 0.2) is 0 Å². The van der Waals surface area contributed by atoms with Crippen LogP contribution in [-0.4, -0.2) is 117 Å².